The SMILES string of the molecule is CCCC(C)CNCCCSC. The molecular weight excluding hydrogens is 166 g/mol. The van der Waals surface area contributed by atoms with E-state index in [1.54, 1.807) is 0 Å². The Morgan fingerprint density at radius 1 is 1.42 bits per heavy atom. The van der Waals surface area contributed by atoms with Gasteiger partial charge in [-0.1, -0.05) is 20.3 Å². The van der Waals surface area contributed by atoms with Crippen LogP contribution in [0.2, 0.25) is 0 Å². The Labute approximate surface area is 81.7 Å². The van der Waals surface area contributed by atoms with Crippen molar-refractivity contribution < 1.29 is 0 Å². The van der Waals surface area contributed by atoms with Crippen molar-refractivity contribution in [3.05, 3.63) is 0 Å². The molecular formula is C10H23NS. The van der Waals surface area contributed by atoms with Crippen LogP contribution in [0.1, 0.15) is 33.1 Å². The molecule has 0 fully saturated rings. The standard InChI is InChI=1S/C10H23NS/c1-4-6-10(2)9-11-7-5-8-12-3/h10-11H,4-9H2,1-3H3. The summed E-state index contributed by atoms with van der Waals surface area (Å²) >= 11 is 1.93. The fourth-order valence-electron chi connectivity index (χ4n) is 1.28. The monoisotopic (exact) mass is 189 g/mol. The van der Waals surface area contributed by atoms with Crippen LogP contribution in [-0.2, 0) is 0 Å². The molecule has 1 unspecified atom stereocenters. The maximum absolute atomic E-state index is 3.49. The second kappa shape index (κ2) is 9.40. The largest absolute Gasteiger partial charge is 0.316 e. The Bertz CT molecular complexity index is 85.9. The Balaban J connectivity index is 2.97. The van der Waals surface area contributed by atoms with Crippen molar-refractivity contribution >= 4 is 11.8 Å². The van der Waals surface area contributed by atoms with Gasteiger partial charge in [0.15, 0.2) is 0 Å². The molecule has 0 aromatic heterocycles. The van der Waals surface area contributed by atoms with Crippen LogP contribution in [0.3, 0.4) is 0 Å². The molecule has 0 heterocycles. The molecule has 0 saturated heterocycles. The molecule has 0 aromatic carbocycles. The molecule has 0 amide bonds. The molecule has 0 rings (SSSR count). The van der Waals surface area contributed by atoms with E-state index in [-0.39, 0.29) is 0 Å². The van der Waals surface area contributed by atoms with Crippen molar-refractivity contribution in [2.45, 2.75) is 33.1 Å². The van der Waals surface area contributed by atoms with Gasteiger partial charge < -0.3 is 5.32 Å². The Hall–Kier alpha value is 0.310. The lowest BCUT2D eigenvalue weighted by atomic mass is 10.1. The zero-order chi connectivity index (χ0) is 9.23. The van der Waals surface area contributed by atoms with Gasteiger partial charge in [-0.15, -0.1) is 0 Å². The van der Waals surface area contributed by atoms with Crippen LogP contribution in [0.15, 0.2) is 0 Å². The van der Waals surface area contributed by atoms with E-state index >= 15 is 0 Å². The lowest BCUT2D eigenvalue weighted by Gasteiger charge is -2.10. The number of nitrogens with one attached hydrogen (secondary N) is 1. The number of thioether (sulfide) groups is 1. The summed E-state index contributed by atoms with van der Waals surface area (Å²) in [6.45, 7) is 6.96. The van der Waals surface area contributed by atoms with Gasteiger partial charge in [0, 0.05) is 0 Å². The molecule has 1 nitrogen and oxygen atoms in total. The molecule has 0 spiro atoms. The van der Waals surface area contributed by atoms with E-state index in [9.17, 15) is 0 Å². The summed E-state index contributed by atoms with van der Waals surface area (Å²) in [6, 6.07) is 0. The van der Waals surface area contributed by atoms with Gasteiger partial charge in [0.05, 0.1) is 0 Å². The Kier molecular flexibility index (Phi) is 9.64. The Morgan fingerprint density at radius 2 is 2.17 bits per heavy atom. The number of hydrogen-bond acceptors (Lipinski definition) is 2. The van der Waals surface area contributed by atoms with E-state index in [1.807, 2.05) is 11.8 Å². The van der Waals surface area contributed by atoms with Crippen molar-refractivity contribution in [1.29, 1.82) is 0 Å². The molecule has 0 bridgehead atoms. The van der Waals surface area contributed by atoms with E-state index in [2.05, 4.69) is 25.4 Å². The van der Waals surface area contributed by atoms with Crippen LogP contribution in [0.5, 0.6) is 0 Å². The normalized spacial score (nSPS) is 13.2. The van der Waals surface area contributed by atoms with Crippen molar-refractivity contribution in [1.82, 2.24) is 5.32 Å². The molecule has 1 atom stereocenters. The summed E-state index contributed by atoms with van der Waals surface area (Å²) in [6.07, 6.45) is 6.14. The summed E-state index contributed by atoms with van der Waals surface area (Å²) in [4.78, 5) is 0. The first-order chi connectivity index (χ1) is 5.81. The summed E-state index contributed by atoms with van der Waals surface area (Å²) in [7, 11) is 0. The van der Waals surface area contributed by atoms with Gasteiger partial charge in [-0.25, -0.2) is 0 Å². The van der Waals surface area contributed by atoms with Gasteiger partial charge >= 0.3 is 0 Å². The molecule has 0 radical (unpaired) electrons. The first-order valence-electron chi connectivity index (χ1n) is 5.00. The van der Waals surface area contributed by atoms with Crippen LogP contribution in [-0.4, -0.2) is 25.1 Å². The summed E-state index contributed by atoms with van der Waals surface area (Å²) < 4.78 is 0. The predicted octanol–water partition coefficient (Wildman–Crippen LogP) is 2.77. The van der Waals surface area contributed by atoms with Crippen LogP contribution in [0, 0.1) is 5.92 Å². The van der Waals surface area contributed by atoms with Gasteiger partial charge in [0.25, 0.3) is 0 Å². The molecule has 0 aliphatic carbocycles. The van der Waals surface area contributed by atoms with Crippen molar-refractivity contribution in [3.8, 4) is 0 Å². The summed E-state index contributed by atoms with van der Waals surface area (Å²) in [5, 5.41) is 3.49. The number of hydrogen-bond donors (Lipinski definition) is 1. The highest BCUT2D eigenvalue weighted by molar-refractivity contribution is 7.98. The topological polar surface area (TPSA) is 12.0 Å². The highest BCUT2D eigenvalue weighted by atomic mass is 32.2. The molecule has 0 aromatic rings. The van der Waals surface area contributed by atoms with Crippen LogP contribution in [0.25, 0.3) is 0 Å². The third-order valence-corrected chi connectivity index (χ3v) is 2.67. The smallest absolute Gasteiger partial charge is 0.00232 e. The fraction of sp³-hybridized carbons (Fsp3) is 1.00. The number of rotatable bonds is 8. The fourth-order valence-corrected chi connectivity index (χ4v) is 1.72. The molecule has 0 aliphatic rings. The summed E-state index contributed by atoms with van der Waals surface area (Å²) in [5.74, 6) is 2.14. The average molecular weight is 189 g/mol. The first-order valence-corrected chi connectivity index (χ1v) is 6.40. The zero-order valence-electron chi connectivity index (χ0n) is 8.73. The predicted molar refractivity (Wildman–Crippen MR) is 59.9 cm³/mol. The molecule has 0 saturated carbocycles. The van der Waals surface area contributed by atoms with Gasteiger partial charge in [0.1, 0.15) is 0 Å². The van der Waals surface area contributed by atoms with Gasteiger partial charge in [-0.3, -0.25) is 0 Å². The molecule has 1 N–H and O–H groups in total. The van der Waals surface area contributed by atoms with Crippen molar-refractivity contribution in [2.24, 2.45) is 5.92 Å². The highest BCUT2D eigenvalue weighted by Gasteiger charge is 1.98. The summed E-state index contributed by atoms with van der Waals surface area (Å²) in [5.41, 5.74) is 0. The Morgan fingerprint density at radius 3 is 2.75 bits per heavy atom. The van der Waals surface area contributed by atoms with Gasteiger partial charge in [-0.05, 0) is 43.9 Å². The van der Waals surface area contributed by atoms with Crippen LogP contribution >= 0.6 is 11.8 Å². The second-order valence-corrected chi connectivity index (χ2v) is 4.43. The van der Waals surface area contributed by atoms with Crippen LogP contribution in [0.4, 0.5) is 0 Å². The van der Waals surface area contributed by atoms with E-state index in [0.717, 1.165) is 5.92 Å². The van der Waals surface area contributed by atoms with Crippen LogP contribution < -0.4 is 5.32 Å². The lowest BCUT2D eigenvalue weighted by molar-refractivity contribution is 0.477. The quantitative estimate of drug-likeness (QED) is 0.589. The van der Waals surface area contributed by atoms with E-state index in [4.69, 9.17) is 0 Å². The molecule has 2 heteroatoms. The first kappa shape index (κ1) is 12.3. The molecule has 12 heavy (non-hydrogen) atoms. The third-order valence-electron chi connectivity index (χ3n) is 1.98. The lowest BCUT2D eigenvalue weighted by Crippen LogP contribution is -2.22. The average Bonchev–Trinajstić information content (AvgIpc) is 2.05. The second-order valence-electron chi connectivity index (χ2n) is 3.44. The highest BCUT2D eigenvalue weighted by Crippen LogP contribution is 2.02. The maximum Gasteiger partial charge on any atom is -0.00232 e. The zero-order valence-corrected chi connectivity index (χ0v) is 9.54. The van der Waals surface area contributed by atoms with Crippen molar-refractivity contribution in [3.63, 3.8) is 0 Å². The van der Waals surface area contributed by atoms with Gasteiger partial charge in [0.2, 0.25) is 0 Å². The maximum atomic E-state index is 3.49. The van der Waals surface area contributed by atoms with E-state index in [1.165, 1.54) is 38.1 Å². The molecule has 74 valence electrons. The minimum atomic E-state index is 0.851. The molecule has 0 aliphatic heterocycles. The van der Waals surface area contributed by atoms with E-state index < -0.39 is 0 Å². The minimum absolute atomic E-state index is 0.851. The third kappa shape index (κ3) is 8.41. The van der Waals surface area contributed by atoms with Gasteiger partial charge in [-0.2, -0.15) is 11.8 Å². The van der Waals surface area contributed by atoms with Crippen molar-refractivity contribution in [2.75, 3.05) is 25.1 Å². The minimum Gasteiger partial charge on any atom is -0.316 e. The van der Waals surface area contributed by atoms with E-state index in [0.29, 0.717) is 0 Å².